The van der Waals surface area contributed by atoms with Crippen molar-refractivity contribution in [1.82, 2.24) is 14.9 Å². The maximum atomic E-state index is 13.8. The standard InChI is InChI=1S/C27H42N4O3S/c1-20-7-4-5-9-23(20)30-13-15-31(16-14-30)35(33,34)19-27-11-10-22(26(27,2)3)17-24(27)29-25(32)21-8-6-12-28-18-21/h4-5,7,9,21-22,24,28H,6,8,10-19H2,1-3H3,(H,29,32)/t21-,22?,24?,27?/m0/s1. The van der Waals surface area contributed by atoms with Gasteiger partial charge in [0.25, 0.3) is 0 Å². The molecule has 5 rings (SSSR count). The van der Waals surface area contributed by atoms with Gasteiger partial charge in [0, 0.05) is 49.9 Å². The highest BCUT2D eigenvalue weighted by Crippen LogP contribution is 2.66. The summed E-state index contributed by atoms with van der Waals surface area (Å²) in [5.41, 5.74) is 1.91. The molecule has 0 spiro atoms. The minimum Gasteiger partial charge on any atom is -0.369 e. The Kier molecular flexibility index (Phi) is 6.68. The molecular weight excluding hydrogens is 460 g/mol. The lowest BCUT2D eigenvalue weighted by molar-refractivity contribution is -0.127. The highest BCUT2D eigenvalue weighted by Gasteiger charge is 2.66. The van der Waals surface area contributed by atoms with Crippen LogP contribution in [0.4, 0.5) is 5.69 Å². The predicted octanol–water partition coefficient (Wildman–Crippen LogP) is 2.76. The van der Waals surface area contributed by atoms with E-state index in [1.165, 1.54) is 11.3 Å². The Labute approximate surface area is 211 Å². The quantitative estimate of drug-likeness (QED) is 0.625. The number of sulfonamides is 1. The van der Waals surface area contributed by atoms with Gasteiger partial charge >= 0.3 is 0 Å². The molecule has 2 aliphatic heterocycles. The number of benzene rings is 1. The summed E-state index contributed by atoms with van der Waals surface area (Å²) in [6, 6.07) is 8.24. The van der Waals surface area contributed by atoms with Crippen LogP contribution in [0.2, 0.25) is 0 Å². The SMILES string of the molecule is Cc1ccccc1N1CCN(S(=O)(=O)CC23CCC(CC2NC(=O)[C@H]2CCCNC2)C3(C)C)CC1. The van der Waals surface area contributed by atoms with E-state index >= 15 is 0 Å². The van der Waals surface area contributed by atoms with Crippen molar-refractivity contribution in [1.29, 1.82) is 0 Å². The van der Waals surface area contributed by atoms with Crippen molar-refractivity contribution in [2.45, 2.75) is 58.9 Å². The second-order valence-electron chi connectivity index (χ2n) is 11.9. The van der Waals surface area contributed by atoms with Gasteiger partial charge in [-0.1, -0.05) is 32.0 Å². The number of para-hydroxylation sites is 1. The van der Waals surface area contributed by atoms with E-state index in [1.54, 1.807) is 4.31 Å². The van der Waals surface area contributed by atoms with Gasteiger partial charge in [-0.15, -0.1) is 0 Å². The number of nitrogens with zero attached hydrogens (tertiary/aromatic N) is 2. The number of piperidine rings is 1. The van der Waals surface area contributed by atoms with E-state index in [9.17, 15) is 13.2 Å². The summed E-state index contributed by atoms with van der Waals surface area (Å²) < 4.78 is 29.4. The third-order valence-corrected chi connectivity index (χ3v) is 12.0. The van der Waals surface area contributed by atoms with E-state index < -0.39 is 15.4 Å². The molecule has 0 aromatic heterocycles. The molecule has 194 valence electrons. The molecule has 2 saturated heterocycles. The molecule has 2 bridgehead atoms. The zero-order chi connectivity index (χ0) is 24.8. The number of hydrogen-bond donors (Lipinski definition) is 2. The van der Waals surface area contributed by atoms with Crippen molar-refractivity contribution >= 4 is 21.6 Å². The Morgan fingerprint density at radius 1 is 1.14 bits per heavy atom. The Balaban J connectivity index is 1.30. The summed E-state index contributed by atoms with van der Waals surface area (Å²) >= 11 is 0. The zero-order valence-electron chi connectivity index (χ0n) is 21.6. The third kappa shape index (κ3) is 4.40. The minimum absolute atomic E-state index is 0.00540. The molecule has 8 heteroatoms. The van der Waals surface area contributed by atoms with Gasteiger partial charge in [0.2, 0.25) is 15.9 Å². The van der Waals surface area contributed by atoms with E-state index in [-0.39, 0.29) is 29.0 Å². The Morgan fingerprint density at radius 2 is 1.89 bits per heavy atom. The number of aryl methyl sites for hydroxylation is 1. The number of nitrogens with one attached hydrogen (secondary N) is 2. The van der Waals surface area contributed by atoms with Crippen molar-refractivity contribution in [3.63, 3.8) is 0 Å². The first kappa shape index (κ1) is 25.0. The molecule has 2 aliphatic carbocycles. The number of amides is 1. The first-order valence-electron chi connectivity index (χ1n) is 13.4. The molecular formula is C27H42N4O3S. The van der Waals surface area contributed by atoms with E-state index in [0.717, 1.165) is 45.2 Å². The number of anilines is 1. The average Bonchev–Trinajstić information content (AvgIpc) is 3.20. The highest BCUT2D eigenvalue weighted by atomic mass is 32.2. The van der Waals surface area contributed by atoms with Crippen LogP contribution in [0.25, 0.3) is 0 Å². The van der Waals surface area contributed by atoms with Gasteiger partial charge in [-0.25, -0.2) is 8.42 Å². The number of carbonyl (C=O) groups excluding carboxylic acids is 1. The van der Waals surface area contributed by atoms with Crippen LogP contribution < -0.4 is 15.5 Å². The van der Waals surface area contributed by atoms with Gasteiger partial charge in [-0.2, -0.15) is 4.31 Å². The molecule has 1 amide bonds. The maximum absolute atomic E-state index is 13.8. The van der Waals surface area contributed by atoms with E-state index in [2.05, 4.69) is 48.4 Å². The van der Waals surface area contributed by atoms with Crippen LogP contribution in [-0.2, 0) is 14.8 Å². The fourth-order valence-electron chi connectivity index (χ4n) is 7.53. The average molecular weight is 503 g/mol. The largest absolute Gasteiger partial charge is 0.369 e. The van der Waals surface area contributed by atoms with Crippen LogP contribution >= 0.6 is 0 Å². The number of fused-ring (bicyclic) bond motifs is 2. The molecule has 2 heterocycles. The smallest absolute Gasteiger partial charge is 0.224 e. The molecule has 4 aliphatic rings. The van der Waals surface area contributed by atoms with E-state index in [1.807, 2.05) is 12.1 Å². The molecule has 2 saturated carbocycles. The van der Waals surface area contributed by atoms with E-state index in [0.29, 0.717) is 32.1 Å². The lowest BCUT2D eigenvalue weighted by atomic mass is 9.69. The van der Waals surface area contributed by atoms with Crippen molar-refractivity contribution in [2.24, 2.45) is 22.7 Å². The highest BCUT2D eigenvalue weighted by molar-refractivity contribution is 7.89. The van der Waals surface area contributed by atoms with Crippen LogP contribution in [-0.4, -0.2) is 69.7 Å². The lowest BCUT2D eigenvalue weighted by Gasteiger charge is -2.44. The Bertz CT molecular complexity index is 1040. The van der Waals surface area contributed by atoms with Gasteiger partial charge in [0.15, 0.2) is 0 Å². The Hall–Kier alpha value is -1.64. The minimum atomic E-state index is -3.45. The summed E-state index contributed by atoms with van der Waals surface area (Å²) in [5.74, 6) is 0.704. The summed E-state index contributed by atoms with van der Waals surface area (Å²) in [6.45, 7) is 10.7. The van der Waals surface area contributed by atoms with Crippen molar-refractivity contribution in [2.75, 3.05) is 49.9 Å². The molecule has 35 heavy (non-hydrogen) atoms. The molecule has 4 atom stereocenters. The topological polar surface area (TPSA) is 81.8 Å². The number of piperazine rings is 1. The van der Waals surface area contributed by atoms with Crippen molar-refractivity contribution < 1.29 is 13.2 Å². The molecule has 3 unspecified atom stereocenters. The van der Waals surface area contributed by atoms with Crippen LogP contribution in [0.3, 0.4) is 0 Å². The third-order valence-electron chi connectivity index (χ3n) is 9.94. The number of rotatable bonds is 6. The number of hydrogen-bond acceptors (Lipinski definition) is 5. The molecule has 0 radical (unpaired) electrons. The second-order valence-corrected chi connectivity index (χ2v) is 13.9. The predicted molar refractivity (Wildman–Crippen MR) is 140 cm³/mol. The van der Waals surface area contributed by atoms with Gasteiger partial charge in [0.05, 0.1) is 11.7 Å². The van der Waals surface area contributed by atoms with Crippen LogP contribution in [0.5, 0.6) is 0 Å². The molecule has 4 fully saturated rings. The lowest BCUT2D eigenvalue weighted by Crippen LogP contribution is -2.57. The van der Waals surface area contributed by atoms with Crippen LogP contribution in [0, 0.1) is 29.6 Å². The van der Waals surface area contributed by atoms with Crippen molar-refractivity contribution in [3.05, 3.63) is 29.8 Å². The second kappa shape index (κ2) is 9.34. The summed E-state index contributed by atoms with van der Waals surface area (Å²) in [6.07, 6.45) is 4.76. The molecule has 2 N–H and O–H groups in total. The van der Waals surface area contributed by atoms with Gasteiger partial charge in [0.1, 0.15) is 0 Å². The molecule has 7 nitrogen and oxygen atoms in total. The first-order chi connectivity index (χ1) is 16.6. The van der Waals surface area contributed by atoms with Crippen LogP contribution in [0.15, 0.2) is 24.3 Å². The fraction of sp³-hybridized carbons (Fsp3) is 0.741. The van der Waals surface area contributed by atoms with Gasteiger partial charge < -0.3 is 15.5 Å². The van der Waals surface area contributed by atoms with E-state index in [4.69, 9.17) is 0 Å². The normalized spacial score (nSPS) is 33.1. The summed E-state index contributed by atoms with van der Waals surface area (Å²) in [7, 11) is -3.45. The summed E-state index contributed by atoms with van der Waals surface area (Å²) in [5, 5.41) is 6.70. The van der Waals surface area contributed by atoms with Crippen molar-refractivity contribution in [3.8, 4) is 0 Å². The maximum Gasteiger partial charge on any atom is 0.224 e. The first-order valence-corrected chi connectivity index (χ1v) is 15.0. The molecule has 1 aromatic carbocycles. The Morgan fingerprint density at radius 3 is 2.54 bits per heavy atom. The number of carbonyl (C=O) groups is 1. The summed E-state index contributed by atoms with van der Waals surface area (Å²) in [4.78, 5) is 15.4. The van der Waals surface area contributed by atoms with Gasteiger partial charge in [-0.3, -0.25) is 4.79 Å². The van der Waals surface area contributed by atoms with Gasteiger partial charge in [-0.05, 0) is 68.5 Å². The molecule has 1 aromatic rings. The van der Waals surface area contributed by atoms with Crippen LogP contribution in [0.1, 0.15) is 51.5 Å². The zero-order valence-corrected chi connectivity index (χ0v) is 22.4. The fourth-order valence-corrected chi connectivity index (χ4v) is 9.80. The monoisotopic (exact) mass is 502 g/mol.